The predicted molar refractivity (Wildman–Crippen MR) is 125 cm³/mol. The number of allylic oxidation sites excluding steroid dienone is 2. The number of hydrogen-bond donors (Lipinski definition) is 2. The van der Waals surface area contributed by atoms with Crippen molar-refractivity contribution >= 4 is 17.3 Å². The molecule has 192 valence electrons. The third-order valence-electron chi connectivity index (χ3n) is 7.74. The fourth-order valence-corrected chi connectivity index (χ4v) is 6.11. The summed E-state index contributed by atoms with van der Waals surface area (Å²) in [7, 11) is 0. The van der Waals surface area contributed by atoms with Crippen LogP contribution in [0.1, 0.15) is 33.6 Å². The van der Waals surface area contributed by atoms with Crippen LogP contribution in [0.15, 0.2) is 53.9 Å². The topological polar surface area (TPSA) is 102 Å². The Bertz CT molecular complexity index is 1370. The Kier molecular flexibility index (Phi) is 4.78. The Labute approximate surface area is 210 Å². The second-order valence-corrected chi connectivity index (χ2v) is 9.85. The van der Waals surface area contributed by atoms with E-state index >= 15 is 0 Å². The van der Waals surface area contributed by atoms with Crippen LogP contribution in [0.5, 0.6) is 11.5 Å². The van der Waals surface area contributed by atoms with E-state index in [1.54, 1.807) is 36.4 Å². The standard InChI is InChI=1S/C25H23F2N5O5/c26-25(27)36-19-7-6-14(11-20(19)37-25)30-13-15-10-16(30)12-29(15)8-3-9-31-22-21(28-32(31)35)23(33)17-4-1-2-5-18(17)24(22)34/h1-2,4-7,11,15-16,28,32H,3,8-10,12-13H2. The number of ether oxygens (including phenoxy) is 2. The Balaban J connectivity index is 0.984. The number of benzene rings is 2. The van der Waals surface area contributed by atoms with Gasteiger partial charge in [-0.15, -0.1) is 8.78 Å². The van der Waals surface area contributed by atoms with E-state index in [0.29, 0.717) is 30.1 Å². The van der Waals surface area contributed by atoms with Gasteiger partial charge in [0.15, 0.2) is 22.9 Å². The van der Waals surface area contributed by atoms with Crippen molar-refractivity contribution in [1.82, 2.24) is 15.3 Å². The number of ketones is 2. The summed E-state index contributed by atoms with van der Waals surface area (Å²) in [6.45, 7) is 2.61. The highest BCUT2D eigenvalue weighted by Crippen LogP contribution is 2.44. The van der Waals surface area contributed by atoms with Gasteiger partial charge in [0.25, 0.3) is 0 Å². The van der Waals surface area contributed by atoms with Gasteiger partial charge in [0.2, 0.25) is 11.6 Å². The molecule has 0 radical (unpaired) electrons. The number of nitrogens with zero attached hydrogens (tertiary/aromatic N) is 3. The molecule has 12 heteroatoms. The van der Waals surface area contributed by atoms with Crippen molar-refractivity contribution in [2.75, 3.05) is 31.1 Å². The molecule has 0 aromatic heterocycles. The summed E-state index contributed by atoms with van der Waals surface area (Å²) in [5.74, 6) is -0.588. The number of Topliss-reactive ketones (excluding diaryl/α,β-unsaturated/α-hetero) is 2. The van der Waals surface area contributed by atoms with Crippen molar-refractivity contribution in [3.8, 4) is 11.5 Å². The number of carbonyl (C=O) groups excluding carboxylic acids is 2. The quantitative estimate of drug-likeness (QED) is 0.571. The monoisotopic (exact) mass is 511 g/mol. The summed E-state index contributed by atoms with van der Waals surface area (Å²) in [4.78, 5) is 30.5. The molecule has 0 saturated carbocycles. The summed E-state index contributed by atoms with van der Waals surface area (Å²) >= 11 is 0. The van der Waals surface area contributed by atoms with Gasteiger partial charge in [0, 0.05) is 54.6 Å². The molecular weight excluding hydrogens is 488 g/mol. The molecule has 3 atom stereocenters. The minimum absolute atomic E-state index is 0.0330. The van der Waals surface area contributed by atoms with Gasteiger partial charge >= 0.3 is 6.29 Å². The number of hydrogen-bond acceptors (Lipinski definition) is 9. The van der Waals surface area contributed by atoms with Crippen LogP contribution in [0, 0.1) is 5.21 Å². The van der Waals surface area contributed by atoms with Crippen LogP contribution in [0.25, 0.3) is 0 Å². The molecule has 0 spiro atoms. The number of quaternary nitrogens is 1. The van der Waals surface area contributed by atoms with Gasteiger partial charge in [-0.05, 0) is 25.0 Å². The third-order valence-corrected chi connectivity index (χ3v) is 7.74. The van der Waals surface area contributed by atoms with E-state index in [9.17, 15) is 23.6 Å². The third kappa shape index (κ3) is 3.47. The average molecular weight is 511 g/mol. The van der Waals surface area contributed by atoms with Crippen molar-refractivity contribution < 1.29 is 33.1 Å². The van der Waals surface area contributed by atoms with Gasteiger partial charge in [0.1, 0.15) is 0 Å². The van der Waals surface area contributed by atoms with E-state index in [1.165, 1.54) is 11.1 Å². The van der Waals surface area contributed by atoms with E-state index in [4.69, 9.17) is 0 Å². The van der Waals surface area contributed by atoms with Crippen molar-refractivity contribution in [2.45, 2.75) is 31.2 Å². The molecule has 5 aliphatic rings. The van der Waals surface area contributed by atoms with Crippen molar-refractivity contribution in [3.63, 3.8) is 0 Å². The highest BCUT2D eigenvalue weighted by molar-refractivity contribution is 6.26. The van der Waals surface area contributed by atoms with Crippen LogP contribution >= 0.6 is 0 Å². The molecule has 10 nitrogen and oxygen atoms in total. The Morgan fingerprint density at radius 1 is 1.00 bits per heavy atom. The van der Waals surface area contributed by atoms with E-state index < -0.39 is 11.6 Å². The molecule has 2 N–H and O–H groups in total. The van der Waals surface area contributed by atoms with Gasteiger partial charge in [-0.2, -0.15) is 10.3 Å². The van der Waals surface area contributed by atoms with Crippen molar-refractivity contribution in [1.29, 1.82) is 0 Å². The number of anilines is 1. The zero-order valence-electron chi connectivity index (χ0n) is 19.6. The molecule has 2 unspecified atom stereocenters. The number of rotatable bonds is 5. The second-order valence-electron chi connectivity index (χ2n) is 9.85. The normalized spacial score (nSPS) is 27.2. The van der Waals surface area contributed by atoms with Crippen LogP contribution in [-0.4, -0.2) is 66.0 Å². The number of carbonyl (C=O) groups is 2. The minimum Gasteiger partial charge on any atom is -0.582 e. The lowest BCUT2D eigenvalue weighted by molar-refractivity contribution is -0.993. The van der Waals surface area contributed by atoms with Crippen LogP contribution in [0.2, 0.25) is 0 Å². The lowest BCUT2D eigenvalue weighted by Gasteiger charge is -2.36. The maximum atomic E-state index is 13.4. The SMILES string of the molecule is O=C1C2=C(C(=O)c3ccccc31)N(CCCN1CC3CC1CN3c1ccc3c(c1)OC(F)(F)O3)[N@@H+]([O-])N2. The molecule has 2 aromatic carbocycles. The number of piperazine rings is 1. The predicted octanol–water partition coefficient (Wildman–Crippen LogP) is 1.07. The van der Waals surface area contributed by atoms with Gasteiger partial charge in [-0.25, -0.2) is 5.43 Å². The molecule has 1 aliphatic carbocycles. The smallest absolute Gasteiger partial charge is 0.582 e. The van der Waals surface area contributed by atoms with Crippen LogP contribution < -0.4 is 25.1 Å². The first-order valence-electron chi connectivity index (χ1n) is 12.2. The summed E-state index contributed by atoms with van der Waals surface area (Å²) in [6.07, 6.45) is -2.05. The first-order valence-corrected chi connectivity index (χ1v) is 12.2. The van der Waals surface area contributed by atoms with E-state index in [2.05, 4.69) is 24.7 Å². The van der Waals surface area contributed by atoms with Crippen LogP contribution in [0.3, 0.4) is 0 Å². The Morgan fingerprint density at radius 2 is 1.76 bits per heavy atom. The number of alkyl halides is 2. The maximum absolute atomic E-state index is 13.4. The minimum atomic E-state index is -3.64. The molecular formula is C25H23F2N5O5. The highest BCUT2D eigenvalue weighted by Gasteiger charge is 2.47. The summed E-state index contributed by atoms with van der Waals surface area (Å²) < 4.78 is 35.8. The fraction of sp³-hybridized carbons (Fsp3) is 0.360. The van der Waals surface area contributed by atoms with Gasteiger partial charge in [-0.3, -0.25) is 14.5 Å². The van der Waals surface area contributed by atoms with Gasteiger partial charge in [0.05, 0.1) is 6.54 Å². The molecule has 0 amide bonds. The number of nitrogens with one attached hydrogen (secondary N) is 2. The zero-order chi connectivity index (χ0) is 25.5. The number of likely N-dealkylation sites (tertiary alicyclic amines) is 1. The largest absolute Gasteiger partial charge is 0.586 e. The van der Waals surface area contributed by atoms with Crippen LogP contribution in [-0.2, 0) is 0 Å². The van der Waals surface area contributed by atoms with E-state index in [0.717, 1.165) is 31.7 Å². The Hall–Kier alpha value is -3.74. The molecule has 2 saturated heterocycles. The summed E-state index contributed by atoms with van der Waals surface area (Å²) in [6, 6.07) is 12.0. The molecule has 37 heavy (non-hydrogen) atoms. The molecule has 4 heterocycles. The van der Waals surface area contributed by atoms with Gasteiger partial charge in [-0.1, -0.05) is 24.3 Å². The van der Waals surface area contributed by atoms with E-state index in [1.807, 2.05) is 0 Å². The molecule has 2 aromatic rings. The summed E-state index contributed by atoms with van der Waals surface area (Å²) in [5, 5.41) is 13.6. The van der Waals surface area contributed by atoms with Crippen LogP contribution in [0.4, 0.5) is 14.5 Å². The number of fused-ring (bicyclic) bond motifs is 4. The zero-order valence-corrected chi connectivity index (χ0v) is 19.6. The molecule has 7 rings (SSSR count). The first-order chi connectivity index (χ1) is 17.8. The Morgan fingerprint density at radius 3 is 2.51 bits per heavy atom. The first kappa shape index (κ1) is 22.5. The van der Waals surface area contributed by atoms with E-state index in [-0.39, 0.29) is 40.5 Å². The van der Waals surface area contributed by atoms with Crippen molar-refractivity contribution in [3.05, 3.63) is 70.2 Å². The summed E-state index contributed by atoms with van der Waals surface area (Å²) in [5.41, 5.74) is 4.23. The van der Waals surface area contributed by atoms with Crippen molar-refractivity contribution in [2.24, 2.45) is 0 Å². The van der Waals surface area contributed by atoms with Gasteiger partial charge < -0.3 is 19.6 Å². The average Bonchev–Trinajstić information content (AvgIpc) is 3.62. The molecule has 2 bridgehead atoms. The fourth-order valence-electron chi connectivity index (χ4n) is 6.11. The highest BCUT2D eigenvalue weighted by atomic mass is 19.3. The lowest BCUT2D eigenvalue weighted by Crippen LogP contribution is -3.17. The molecule has 4 aliphatic heterocycles. The lowest BCUT2D eigenvalue weighted by atomic mass is 9.90. The number of halogens is 2. The maximum Gasteiger partial charge on any atom is 0.586 e. The molecule has 2 fully saturated rings. The second kappa shape index (κ2) is 7.88.